The van der Waals surface area contributed by atoms with Crippen LogP contribution >= 0.6 is 0 Å². The molecular weight excluding hydrogens is 334 g/mol. The monoisotopic (exact) mass is 353 g/mol. The van der Waals surface area contributed by atoms with Gasteiger partial charge in [-0.05, 0) is 54.2 Å². The van der Waals surface area contributed by atoms with E-state index in [2.05, 4.69) is 0 Å². The van der Waals surface area contributed by atoms with Crippen molar-refractivity contribution < 1.29 is 19.2 Å². The summed E-state index contributed by atoms with van der Waals surface area (Å²) in [6.45, 7) is 0.0316. The summed E-state index contributed by atoms with van der Waals surface area (Å²) in [5.41, 5.74) is 3.84. The van der Waals surface area contributed by atoms with Crippen LogP contribution < -0.4 is 0 Å². The molecule has 0 aliphatic heterocycles. The van der Waals surface area contributed by atoms with Crippen molar-refractivity contribution in [1.29, 1.82) is 0 Å². The third kappa shape index (κ3) is 4.33. The van der Waals surface area contributed by atoms with Crippen LogP contribution in [0.3, 0.4) is 0 Å². The highest BCUT2D eigenvalue weighted by molar-refractivity contribution is 5.97. The maximum atomic E-state index is 12.3. The van der Waals surface area contributed by atoms with E-state index < -0.39 is 10.9 Å². The molecule has 2 aromatic rings. The fourth-order valence-corrected chi connectivity index (χ4v) is 3.06. The Hall–Kier alpha value is -3.02. The lowest BCUT2D eigenvalue weighted by atomic mass is 10.0. The number of hydrogen-bond acceptors (Lipinski definition) is 5. The topological polar surface area (TPSA) is 86.5 Å². The molecule has 0 fully saturated rings. The Morgan fingerprint density at radius 1 is 1.00 bits per heavy atom. The average molecular weight is 353 g/mol. The van der Waals surface area contributed by atoms with Crippen molar-refractivity contribution in [1.82, 2.24) is 0 Å². The molecular formula is C20H19NO5. The number of ether oxygens (including phenoxy) is 1. The zero-order valence-corrected chi connectivity index (χ0v) is 14.3. The molecule has 0 radical (unpaired) electrons. The second-order valence-electron chi connectivity index (χ2n) is 6.34. The number of aryl methyl sites for hydroxylation is 2. The third-order valence-corrected chi connectivity index (χ3v) is 4.52. The van der Waals surface area contributed by atoms with E-state index in [1.165, 1.54) is 23.3 Å². The molecule has 1 aliphatic carbocycles. The summed E-state index contributed by atoms with van der Waals surface area (Å²) in [6, 6.07) is 11.6. The first-order valence-electron chi connectivity index (χ1n) is 8.57. The van der Waals surface area contributed by atoms with Gasteiger partial charge in [0.25, 0.3) is 5.69 Å². The van der Waals surface area contributed by atoms with Crippen molar-refractivity contribution in [3.8, 4) is 0 Å². The molecule has 6 heteroatoms. The van der Waals surface area contributed by atoms with E-state index in [9.17, 15) is 19.7 Å². The maximum Gasteiger partial charge on any atom is 0.306 e. The fraction of sp³-hybridized carbons (Fsp3) is 0.300. The van der Waals surface area contributed by atoms with E-state index in [4.69, 9.17) is 4.74 Å². The number of rotatable bonds is 7. The lowest BCUT2D eigenvalue weighted by molar-refractivity contribution is -0.384. The van der Waals surface area contributed by atoms with Crippen molar-refractivity contribution in [3.63, 3.8) is 0 Å². The molecule has 0 bridgehead atoms. The average Bonchev–Trinajstić information content (AvgIpc) is 3.12. The molecule has 1 aliphatic rings. The highest BCUT2D eigenvalue weighted by Crippen LogP contribution is 2.23. The number of benzene rings is 2. The minimum absolute atomic E-state index is 0.0139. The molecule has 0 heterocycles. The van der Waals surface area contributed by atoms with Crippen molar-refractivity contribution in [2.75, 3.05) is 0 Å². The molecule has 0 aromatic heterocycles. The van der Waals surface area contributed by atoms with E-state index in [0.717, 1.165) is 19.3 Å². The van der Waals surface area contributed by atoms with Gasteiger partial charge in [-0.25, -0.2) is 0 Å². The minimum atomic E-state index is -0.486. The quantitative estimate of drug-likeness (QED) is 0.327. The van der Waals surface area contributed by atoms with Crippen molar-refractivity contribution >= 4 is 17.4 Å². The minimum Gasteiger partial charge on any atom is -0.461 e. The Bertz CT molecular complexity index is 842. The number of hydrogen-bond donors (Lipinski definition) is 0. The Kier molecular flexibility index (Phi) is 5.41. The third-order valence-electron chi connectivity index (χ3n) is 4.52. The summed E-state index contributed by atoms with van der Waals surface area (Å²) >= 11 is 0. The molecule has 26 heavy (non-hydrogen) atoms. The van der Waals surface area contributed by atoms with Crippen LogP contribution in [0.1, 0.15) is 46.3 Å². The number of fused-ring (bicyclic) bond motifs is 1. The van der Waals surface area contributed by atoms with Crippen molar-refractivity contribution in [2.45, 2.75) is 38.7 Å². The molecule has 0 unspecified atom stereocenters. The van der Waals surface area contributed by atoms with E-state index in [1.807, 2.05) is 18.2 Å². The van der Waals surface area contributed by atoms with Gasteiger partial charge in [0.05, 0.1) is 11.3 Å². The smallest absolute Gasteiger partial charge is 0.306 e. The Morgan fingerprint density at radius 3 is 2.46 bits per heavy atom. The van der Waals surface area contributed by atoms with Gasteiger partial charge in [-0.3, -0.25) is 19.7 Å². The molecule has 0 N–H and O–H groups in total. The molecule has 134 valence electrons. The van der Waals surface area contributed by atoms with E-state index >= 15 is 0 Å². The summed E-state index contributed by atoms with van der Waals surface area (Å²) in [4.78, 5) is 34.2. The zero-order valence-electron chi connectivity index (χ0n) is 14.3. The van der Waals surface area contributed by atoms with Gasteiger partial charge in [-0.2, -0.15) is 0 Å². The fourth-order valence-electron chi connectivity index (χ4n) is 3.06. The number of non-ortho nitro benzene ring substituents is 1. The van der Waals surface area contributed by atoms with E-state index in [1.54, 1.807) is 12.1 Å². The van der Waals surface area contributed by atoms with Gasteiger partial charge >= 0.3 is 5.97 Å². The Balaban J connectivity index is 1.46. The number of carbonyl (C=O) groups is 2. The number of carbonyl (C=O) groups excluding carboxylic acids is 2. The molecule has 0 spiro atoms. The number of nitro benzene ring substituents is 1. The molecule has 3 rings (SSSR count). The van der Waals surface area contributed by atoms with Crippen LogP contribution in [0.25, 0.3) is 0 Å². The molecule has 2 aromatic carbocycles. The lowest BCUT2D eigenvalue weighted by Crippen LogP contribution is -2.08. The molecule has 6 nitrogen and oxygen atoms in total. The summed E-state index contributed by atoms with van der Waals surface area (Å²) in [5, 5.41) is 10.6. The van der Waals surface area contributed by atoms with E-state index in [-0.39, 0.29) is 30.9 Å². The summed E-state index contributed by atoms with van der Waals surface area (Å²) < 4.78 is 5.13. The Morgan fingerprint density at radius 2 is 1.73 bits per heavy atom. The standard InChI is InChI=1S/C20H19NO5/c22-19(17-7-6-15-2-1-3-16(15)12-17)10-11-20(23)26-13-14-4-8-18(9-5-14)21(24)25/h4-9,12H,1-3,10-11,13H2. The predicted molar refractivity (Wildman–Crippen MR) is 94.9 cm³/mol. The van der Waals surface area contributed by atoms with Crippen LogP contribution in [0, 0.1) is 10.1 Å². The van der Waals surface area contributed by atoms with E-state index in [0.29, 0.717) is 11.1 Å². The van der Waals surface area contributed by atoms with Crippen LogP contribution in [0.4, 0.5) is 5.69 Å². The number of esters is 1. The van der Waals surface area contributed by atoms with Gasteiger partial charge in [0.2, 0.25) is 0 Å². The van der Waals surface area contributed by atoms with Gasteiger partial charge in [-0.15, -0.1) is 0 Å². The number of nitrogens with zero attached hydrogens (tertiary/aromatic N) is 1. The number of Topliss-reactive ketones (excluding diaryl/α,β-unsaturated/α-hetero) is 1. The van der Waals surface area contributed by atoms with Gasteiger partial charge in [0, 0.05) is 24.1 Å². The van der Waals surface area contributed by atoms with Gasteiger partial charge < -0.3 is 4.74 Å². The van der Waals surface area contributed by atoms with Crippen LogP contribution in [-0.4, -0.2) is 16.7 Å². The van der Waals surface area contributed by atoms with Crippen LogP contribution in [0.15, 0.2) is 42.5 Å². The second kappa shape index (κ2) is 7.91. The summed E-state index contributed by atoms with van der Waals surface area (Å²) in [7, 11) is 0. The molecule has 0 atom stereocenters. The van der Waals surface area contributed by atoms with Crippen LogP contribution in [0.5, 0.6) is 0 Å². The summed E-state index contributed by atoms with van der Waals surface area (Å²) in [5.74, 6) is -0.523. The van der Waals surface area contributed by atoms with Gasteiger partial charge in [-0.1, -0.05) is 12.1 Å². The predicted octanol–water partition coefficient (Wildman–Crippen LogP) is 3.79. The molecule has 0 saturated heterocycles. The SMILES string of the molecule is O=C(CCC(=O)c1ccc2c(c1)CCC2)OCc1ccc([N+](=O)[O-])cc1. The zero-order chi connectivity index (χ0) is 18.5. The van der Waals surface area contributed by atoms with Crippen molar-refractivity contribution in [2.24, 2.45) is 0 Å². The first-order valence-corrected chi connectivity index (χ1v) is 8.57. The van der Waals surface area contributed by atoms with Crippen molar-refractivity contribution in [3.05, 3.63) is 74.8 Å². The van der Waals surface area contributed by atoms with Gasteiger partial charge in [0.15, 0.2) is 5.78 Å². The maximum absolute atomic E-state index is 12.3. The number of ketones is 1. The van der Waals surface area contributed by atoms with Gasteiger partial charge in [0.1, 0.15) is 6.61 Å². The second-order valence-corrected chi connectivity index (χ2v) is 6.34. The lowest BCUT2D eigenvalue weighted by Gasteiger charge is -2.06. The normalized spacial score (nSPS) is 12.5. The first kappa shape index (κ1) is 17.8. The highest BCUT2D eigenvalue weighted by Gasteiger charge is 2.15. The number of nitro groups is 1. The van der Waals surface area contributed by atoms with Crippen LogP contribution in [0.2, 0.25) is 0 Å². The highest BCUT2D eigenvalue weighted by atomic mass is 16.6. The Labute approximate surface area is 150 Å². The largest absolute Gasteiger partial charge is 0.461 e. The molecule has 0 amide bonds. The molecule has 0 saturated carbocycles. The first-order chi connectivity index (χ1) is 12.5. The van der Waals surface area contributed by atoms with Crippen LogP contribution in [-0.2, 0) is 29.0 Å². The summed E-state index contributed by atoms with van der Waals surface area (Å²) in [6.07, 6.45) is 3.33.